The molecule has 0 amide bonds. The summed E-state index contributed by atoms with van der Waals surface area (Å²) in [5, 5.41) is 0. The van der Waals surface area contributed by atoms with Gasteiger partial charge in [-0.15, -0.1) is 0 Å². The van der Waals surface area contributed by atoms with Gasteiger partial charge in [0.1, 0.15) is 13.2 Å². The van der Waals surface area contributed by atoms with Crippen molar-refractivity contribution in [3.05, 3.63) is 109 Å². The van der Waals surface area contributed by atoms with Gasteiger partial charge in [0.2, 0.25) is 0 Å². The van der Waals surface area contributed by atoms with Crippen LogP contribution in [0.25, 0.3) is 0 Å². The Balaban J connectivity index is 4.10. The van der Waals surface area contributed by atoms with E-state index in [9.17, 15) is 14.4 Å². The molecule has 0 saturated heterocycles. The minimum Gasteiger partial charge on any atom is -0.462 e. The van der Waals surface area contributed by atoms with Crippen LogP contribution in [-0.2, 0) is 28.6 Å². The van der Waals surface area contributed by atoms with Crippen molar-refractivity contribution in [1.29, 1.82) is 0 Å². The zero-order valence-corrected chi connectivity index (χ0v) is 43.4. The largest absolute Gasteiger partial charge is 0.462 e. The molecule has 0 aromatic rings. The molecule has 0 spiro atoms. The Bertz CT molecular complexity index is 1390. The lowest BCUT2D eigenvalue weighted by atomic mass is 10.1. The number of ether oxygens (including phenoxy) is 3. The Morgan fingerprint density at radius 2 is 0.582 bits per heavy atom. The van der Waals surface area contributed by atoms with E-state index < -0.39 is 6.10 Å². The Kier molecular flexibility index (Phi) is 51.5. The van der Waals surface area contributed by atoms with Crippen LogP contribution in [0.1, 0.15) is 239 Å². The highest BCUT2D eigenvalue weighted by Gasteiger charge is 2.19. The second-order valence-electron chi connectivity index (χ2n) is 17.7. The lowest BCUT2D eigenvalue weighted by Crippen LogP contribution is -2.30. The van der Waals surface area contributed by atoms with Gasteiger partial charge in [0.25, 0.3) is 0 Å². The quantitative estimate of drug-likeness (QED) is 0.0262. The van der Waals surface area contributed by atoms with Gasteiger partial charge in [-0.2, -0.15) is 0 Å². The SMILES string of the molecule is CC/C=C\C/C=C\C/C=C\C/C=C\C/C=C\C/C=C\CCCCCCCCCCCCC(=O)OCC(COC(=O)CCCCCCC)OC(=O)CCCCCCC/C=C\C/C=C\C/C=C\CC. The third kappa shape index (κ3) is 52.9. The normalized spacial score (nSPS) is 12.9. The van der Waals surface area contributed by atoms with Gasteiger partial charge in [0, 0.05) is 19.3 Å². The van der Waals surface area contributed by atoms with Crippen molar-refractivity contribution < 1.29 is 28.6 Å². The molecule has 0 radical (unpaired) electrons. The molecule has 0 fully saturated rings. The van der Waals surface area contributed by atoms with Crippen molar-refractivity contribution in [3.63, 3.8) is 0 Å². The molecular formula is C61H100O6. The maximum Gasteiger partial charge on any atom is 0.306 e. The monoisotopic (exact) mass is 929 g/mol. The molecule has 0 aromatic heterocycles. The van der Waals surface area contributed by atoms with Crippen LogP contribution < -0.4 is 0 Å². The van der Waals surface area contributed by atoms with Gasteiger partial charge < -0.3 is 14.2 Å². The summed E-state index contributed by atoms with van der Waals surface area (Å²) in [6, 6.07) is 0. The number of carbonyl (C=O) groups excluding carboxylic acids is 3. The fourth-order valence-electron chi connectivity index (χ4n) is 7.22. The fraction of sp³-hybridized carbons (Fsp3) is 0.656. The Labute approximate surface area is 412 Å². The van der Waals surface area contributed by atoms with Gasteiger partial charge >= 0.3 is 17.9 Å². The van der Waals surface area contributed by atoms with Crippen molar-refractivity contribution in [2.24, 2.45) is 0 Å². The molecule has 0 N–H and O–H groups in total. The molecule has 0 aliphatic carbocycles. The predicted octanol–water partition coefficient (Wildman–Crippen LogP) is 18.3. The summed E-state index contributed by atoms with van der Waals surface area (Å²) >= 11 is 0. The van der Waals surface area contributed by atoms with Crippen LogP contribution in [0, 0.1) is 0 Å². The van der Waals surface area contributed by atoms with E-state index >= 15 is 0 Å². The van der Waals surface area contributed by atoms with Crippen LogP contribution >= 0.6 is 0 Å². The first-order chi connectivity index (χ1) is 33.0. The molecule has 6 nitrogen and oxygen atoms in total. The van der Waals surface area contributed by atoms with Crippen molar-refractivity contribution in [3.8, 4) is 0 Å². The van der Waals surface area contributed by atoms with Crippen LogP contribution in [-0.4, -0.2) is 37.2 Å². The first-order valence-electron chi connectivity index (χ1n) is 27.4. The second-order valence-corrected chi connectivity index (χ2v) is 17.7. The summed E-state index contributed by atoms with van der Waals surface area (Å²) in [6.07, 6.45) is 74.1. The van der Waals surface area contributed by atoms with Crippen molar-refractivity contribution in [2.75, 3.05) is 13.2 Å². The lowest BCUT2D eigenvalue weighted by molar-refractivity contribution is -0.167. The topological polar surface area (TPSA) is 78.9 Å². The summed E-state index contributed by atoms with van der Waals surface area (Å²) in [4.78, 5) is 37.7. The van der Waals surface area contributed by atoms with Crippen LogP contribution in [0.4, 0.5) is 0 Å². The summed E-state index contributed by atoms with van der Waals surface area (Å²) in [7, 11) is 0. The van der Waals surface area contributed by atoms with Gasteiger partial charge in [-0.1, -0.05) is 226 Å². The van der Waals surface area contributed by atoms with E-state index in [0.29, 0.717) is 19.3 Å². The maximum atomic E-state index is 12.7. The molecule has 380 valence electrons. The number of hydrogen-bond acceptors (Lipinski definition) is 6. The van der Waals surface area contributed by atoms with Crippen LogP contribution in [0.15, 0.2) is 109 Å². The number of esters is 3. The maximum absolute atomic E-state index is 12.7. The van der Waals surface area contributed by atoms with E-state index in [1.807, 2.05) is 0 Å². The molecule has 0 aliphatic rings. The van der Waals surface area contributed by atoms with E-state index in [0.717, 1.165) is 141 Å². The molecule has 0 heterocycles. The highest BCUT2D eigenvalue weighted by atomic mass is 16.6. The van der Waals surface area contributed by atoms with E-state index in [-0.39, 0.29) is 31.1 Å². The number of rotatable bonds is 48. The summed E-state index contributed by atoms with van der Waals surface area (Å²) in [6.45, 7) is 6.30. The molecule has 67 heavy (non-hydrogen) atoms. The minimum atomic E-state index is -0.786. The van der Waals surface area contributed by atoms with Gasteiger partial charge in [0.15, 0.2) is 6.10 Å². The van der Waals surface area contributed by atoms with E-state index in [1.165, 1.54) is 57.8 Å². The number of allylic oxidation sites excluding steroid dienone is 18. The van der Waals surface area contributed by atoms with Crippen LogP contribution in [0.5, 0.6) is 0 Å². The van der Waals surface area contributed by atoms with Crippen molar-refractivity contribution in [1.82, 2.24) is 0 Å². The standard InChI is InChI=1S/C61H100O6/c1-4-7-10-13-15-17-19-21-23-24-25-26-27-28-29-30-31-32-33-34-35-36-38-39-41-43-45-48-51-54-60(63)66-57-58(56-65-59(62)53-50-47-12-9-6-3)67-61(64)55-52-49-46-44-42-40-37-22-20-18-16-14-11-8-5-2/h7-8,10-11,15-18,21-23,25-26,28-29,31-32,37,58H,4-6,9,12-14,19-20,24,27,30,33-36,38-57H2,1-3H3/b10-7-,11-8-,17-15-,18-16-,23-21-,26-25-,29-28-,32-31-,37-22-. The van der Waals surface area contributed by atoms with E-state index in [1.54, 1.807) is 0 Å². The highest BCUT2D eigenvalue weighted by Crippen LogP contribution is 2.14. The number of carbonyl (C=O) groups is 3. The molecule has 0 aliphatic heterocycles. The lowest BCUT2D eigenvalue weighted by Gasteiger charge is -2.18. The molecule has 0 saturated carbocycles. The summed E-state index contributed by atoms with van der Waals surface area (Å²) < 4.78 is 16.7. The molecule has 0 bridgehead atoms. The third-order valence-electron chi connectivity index (χ3n) is 11.3. The van der Waals surface area contributed by atoms with E-state index in [4.69, 9.17) is 14.2 Å². The van der Waals surface area contributed by atoms with Gasteiger partial charge in [-0.05, 0) is 103 Å². The first kappa shape index (κ1) is 63.1. The molecular weight excluding hydrogens is 829 g/mol. The number of unbranched alkanes of at least 4 members (excludes halogenated alkanes) is 19. The summed E-state index contributed by atoms with van der Waals surface area (Å²) in [5.41, 5.74) is 0. The van der Waals surface area contributed by atoms with Gasteiger partial charge in [-0.25, -0.2) is 0 Å². The zero-order valence-electron chi connectivity index (χ0n) is 43.4. The Morgan fingerprint density at radius 3 is 0.910 bits per heavy atom. The minimum absolute atomic E-state index is 0.0878. The third-order valence-corrected chi connectivity index (χ3v) is 11.3. The van der Waals surface area contributed by atoms with Crippen LogP contribution in [0.2, 0.25) is 0 Å². The predicted molar refractivity (Wildman–Crippen MR) is 288 cm³/mol. The summed E-state index contributed by atoms with van der Waals surface area (Å²) in [5.74, 6) is -0.927. The second kappa shape index (κ2) is 54.7. The molecule has 1 atom stereocenters. The Hall–Kier alpha value is -3.93. The molecule has 1 unspecified atom stereocenters. The Morgan fingerprint density at radius 1 is 0.313 bits per heavy atom. The van der Waals surface area contributed by atoms with Crippen molar-refractivity contribution >= 4 is 17.9 Å². The van der Waals surface area contributed by atoms with E-state index in [2.05, 4.69) is 130 Å². The number of hydrogen-bond donors (Lipinski definition) is 0. The molecule has 0 aromatic carbocycles. The van der Waals surface area contributed by atoms with Gasteiger partial charge in [-0.3, -0.25) is 14.4 Å². The average molecular weight is 929 g/mol. The molecule has 0 rings (SSSR count). The zero-order chi connectivity index (χ0) is 48.6. The highest BCUT2D eigenvalue weighted by molar-refractivity contribution is 5.71. The average Bonchev–Trinajstić information content (AvgIpc) is 3.33. The smallest absolute Gasteiger partial charge is 0.306 e. The molecule has 6 heteroatoms. The first-order valence-corrected chi connectivity index (χ1v) is 27.4. The van der Waals surface area contributed by atoms with Crippen molar-refractivity contribution in [2.45, 2.75) is 245 Å². The van der Waals surface area contributed by atoms with Gasteiger partial charge in [0.05, 0.1) is 0 Å². The fourth-order valence-corrected chi connectivity index (χ4v) is 7.22. The van der Waals surface area contributed by atoms with Crippen LogP contribution in [0.3, 0.4) is 0 Å².